The smallest absolute Gasteiger partial charge is 0.191 e. The fourth-order valence-electron chi connectivity index (χ4n) is 1.69. The molecule has 0 fully saturated rings. The highest BCUT2D eigenvalue weighted by Gasteiger charge is 2.38. The molecule has 0 aromatic rings. The average molecular weight is 379 g/mol. The molecule has 2 N–H and O–H groups in total. The normalized spacial score (nSPS) is 17.0. The third kappa shape index (κ3) is 7.66. The highest BCUT2D eigenvalue weighted by molar-refractivity contribution is 6.74. The van der Waals surface area contributed by atoms with Gasteiger partial charge in [-0.25, -0.2) is 0 Å². The van der Waals surface area contributed by atoms with Gasteiger partial charge in [0, 0.05) is 13.2 Å². The predicted octanol–water partition coefficient (Wildman–Crippen LogP) is 4.53. The lowest BCUT2D eigenvalue weighted by Gasteiger charge is -2.37. The first-order chi connectivity index (χ1) is 10.5. The Kier molecular flexibility index (Phi) is 8.88. The Morgan fingerprint density at radius 1 is 0.667 bits per heavy atom. The van der Waals surface area contributed by atoms with Crippen molar-refractivity contribution < 1.29 is 19.1 Å². The van der Waals surface area contributed by atoms with Crippen LogP contribution in [-0.4, -0.2) is 52.3 Å². The fourth-order valence-corrected chi connectivity index (χ4v) is 3.81. The van der Waals surface area contributed by atoms with Crippen LogP contribution in [0.4, 0.5) is 0 Å². The summed E-state index contributed by atoms with van der Waals surface area (Å²) in [5.41, 5.74) is 0. The lowest BCUT2D eigenvalue weighted by Crippen LogP contribution is -2.42. The molecule has 24 heavy (non-hydrogen) atoms. The third-order valence-corrected chi connectivity index (χ3v) is 14.9. The van der Waals surface area contributed by atoms with Crippen molar-refractivity contribution in [1.82, 2.24) is 0 Å². The van der Waals surface area contributed by atoms with E-state index < -0.39 is 28.8 Å². The molecule has 0 saturated carbocycles. The van der Waals surface area contributed by atoms with E-state index in [-0.39, 0.29) is 10.1 Å². The van der Waals surface area contributed by atoms with E-state index in [0.29, 0.717) is 26.1 Å². The summed E-state index contributed by atoms with van der Waals surface area (Å²) >= 11 is 0. The van der Waals surface area contributed by atoms with Crippen molar-refractivity contribution in [2.24, 2.45) is 0 Å². The Balaban J connectivity index is 4.20. The lowest BCUT2D eigenvalue weighted by atomic mass is 10.1. The van der Waals surface area contributed by atoms with Gasteiger partial charge < -0.3 is 19.1 Å². The SMILES string of the molecule is CC(C)(C)[Si](C)(C)OCC[C@@H](O)[C@H](O)CCO[Si](C)(C)C(C)(C)C. The van der Waals surface area contributed by atoms with E-state index in [1.54, 1.807) is 0 Å². The molecule has 0 aromatic heterocycles. The molecule has 4 nitrogen and oxygen atoms in total. The van der Waals surface area contributed by atoms with Gasteiger partial charge >= 0.3 is 0 Å². The molecule has 0 unspecified atom stereocenters. The van der Waals surface area contributed by atoms with Gasteiger partial charge in [-0.1, -0.05) is 41.5 Å². The molecule has 0 aliphatic heterocycles. The van der Waals surface area contributed by atoms with Crippen LogP contribution in [0.15, 0.2) is 0 Å². The molecular formula is C18H42O4Si2. The molecule has 0 saturated heterocycles. The molecule has 0 rings (SSSR count). The first kappa shape index (κ1) is 24.3. The van der Waals surface area contributed by atoms with E-state index >= 15 is 0 Å². The van der Waals surface area contributed by atoms with Gasteiger partial charge in [0.15, 0.2) is 16.6 Å². The van der Waals surface area contributed by atoms with Crippen molar-refractivity contribution in [2.75, 3.05) is 13.2 Å². The maximum Gasteiger partial charge on any atom is 0.191 e. The summed E-state index contributed by atoms with van der Waals surface area (Å²) in [6.45, 7) is 23.0. The minimum atomic E-state index is -1.79. The van der Waals surface area contributed by atoms with E-state index in [9.17, 15) is 10.2 Å². The summed E-state index contributed by atoms with van der Waals surface area (Å²) in [5, 5.41) is 20.6. The largest absolute Gasteiger partial charge is 0.417 e. The Morgan fingerprint density at radius 3 is 1.12 bits per heavy atom. The number of aliphatic hydroxyl groups is 2. The second-order valence-electron chi connectivity index (χ2n) is 9.93. The molecule has 0 aromatic carbocycles. The fraction of sp³-hybridized carbons (Fsp3) is 1.00. The van der Waals surface area contributed by atoms with Crippen molar-refractivity contribution in [2.45, 2.75) is 103 Å². The maximum atomic E-state index is 10.1. The molecule has 0 amide bonds. The van der Waals surface area contributed by atoms with Gasteiger partial charge in [-0.05, 0) is 49.1 Å². The highest BCUT2D eigenvalue weighted by Crippen LogP contribution is 2.37. The monoisotopic (exact) mass is 378 g/mol. The van der Waals surface area contributed by atoms with Crippen LogP contribution in [0.1, 0.15) is 54.4 Å². The summed E-state index contributed by atoms with van der Waals surface area (Å²) in [6, 6.07) is 0. The Morgan fingerprint density at radius 2 is 0.917 bits per heavy atom. The zero-order valence-electron chi connectivity index (χ0n) is 17.7. The van der Waals surface area contributed by atoms with Gasteiger partial charge in [0.25, 0.3) is 0 Å². The van der Waals surface area contributed by atoms with Gasteiger partial charge in [0.1, 0.15) is 0 Å². The van der Waals surface area contributed by atoms with Gasteiger partial charge in [-0.2, -0.15) is 0 Å². The lowest BCUT2D eigenvalue weighted by molar-refractivity contribution is -0.00499. The predicted molar refractivity (Wildman–Crippen MR) is 108 cm³/mol. The van der Waals surface area contributed by atoms with Crippen LogP contribution in [-0.2, 0) is 8.85 Å². The minimum Gasteiger partial charge on any atom is -0.417 e. The van der Waals surface area contributed by atoms with Gasteiger partial charge in [0.2, 0.25) is 0 Å². The Hall–Kier alpha value is 0.274. The van der Waals surface area contributed by atoms with E-state index in [0.717, 1.165) is 0 Å². The summed E-state index contributed by atoms with van der Waals surface area (Å²) < 4.78 is 12.1. The van der Waals surface area contributed by atoms with Gasteiger partial charge in [0.05, 0.1) is 12.2 Å². The molecular weight excluding hydrogens is 336 g/mol. The van der Waals surface area contributed by atoms with Crippen LogP contribution in [0.5, 0.6) is 0 Å². The molecule has 0 spiro atoms. The van der Waals surface area contributed by atoms with E-state index in [2.05, 4.69) is 67.7 Å². The number of hydrogen-bond acceptors (Lipinski definition) is 4. The van der Waals surface area contributed by atoms with Crippen LogP contribution in [0.25, 0.3) is 0 Å². The molecule has 146 valence electrons. The van der Waals surface area contributed by atoms with E-state index in [1.165, 1.54) is 0 Å². The summed E-state index contributed by atoms with van der Waals surface area (Å²) in [5.74, 6) is 0. The Bertz CT molecular complexity index is 334. The maximum absolute atomic E-state index is 10.1. The third-order valence-electron chi connectivity index (χ3n) is 5.81. The van der Waals surface area contributed by atoms with Crippen molar-refractivity contribution in [1.29, 1.82) is 0 Å². The van der Waals surface area contributed by atoms with Crippen LogP contribution >= 0.6 is 0 Å². The van der Waals surface area contributed by atoms with Crippen LogP contribution in [0, 0.1) is 0 Å². The van der Waals surface area contributed by atoms with E-state index in [4.69, 9.17) is 8.85 Å². The van der Waals surface area contributed by atoms with Gasteiger partial charge in [-0.3, -0.25) is 0 Å². The number of rotatable bonds is 9. The van der Waals surface area contributed by atoms with Gasteiger partial charge in [-0.15, -0.1) is 0 Å². The zero-order valence-corrected chi connectivity index (χ0v) is 19.7. The van der Waals surface area contributed by atoms with Crippen molar-refractivity contribution >= 4 is 16.6 Å². The molecule has 0 aliphatic carbocycles. The second-order valence-corrected chi connectivity index (χ2v) is 19.5. The quantitative estimate of drug-likeness (QED) is 0.579. The summed E-state index contributed by atoms with van der Waals surface area (Å²) in [4.78, 5) is 0. The molecule has 2 atom stereocenters. The van der Waals surface area contributed by atoms with Crippen LogP contribution < -0.4 is 0 Å². The molecule has 0 bridgehead atoms. The minimum absolute atomic E-state index is 0.160. The second kappa shape index (κ2) is 8.78. The average Bonchev–Trinajstić information content (AvgIpc) is 2.35. The first-order valence-corrected chi connectivity index (χ1v) is 15.0. The van der Waals surface area contributed by atoms with Crippen molar-refractivity contribution in [3.63, 3.8) is 0 Å². The standard InChI is InChI=1S/C18H42O4Si2/c1-17(2,3)23(7,8)21-13-11-15(19)16(20)12-14-22-24(9,10)18(4,5)6/h15-16,19-20H,11-14H2,1-10H3/t15-,16-/m1/s1. The van der Waals surface area contributed by atoms with Crippen molar-refractivity contribution in [3.8, 4) is 0 Å². The molecule has 6 heteroatoms. The van der Waals surface area contributed by atoms with Crippen LogP contribution in [0.3, 0.4) is 0 Å². The number of aliphatic hydroxyl groups excluding tert-OH is 2. The van der Waals surface area contributed by atoms with E-state index in [1.807, 2.05) is 0 Å². The highest BCUT2D eigenvalue weighted by atomic mass is 28.4. The van der Waals surface area contributed by atoms with Crippen molar-refractivity contribution in [3.05, 3.63) is 0 Å². The topological polar surface area (TPSA) is 58.9 Å². The first-order valence-electron chi connectivity index (χ1n) is 9.15. The molecule has 0 radical (unpaired) electrons. The Labute approximate surface area is 152 Å². The zero-order chi connectivity index (χ0) is 19.4. The molecule has 0 aliphatic rings. The summed E-state index contributed by atoms with van der Waals surface area (Å²) in [6.07, 6.45) is -0.572. The van der Waals surface area contributed by atoms with Crippen LogP contribution in [0.2, 0.25) is 36.3 Å². The summed E-state index contributed by atoms with van der Waals surface area (Å²) in [7, 11) is -3.58. The molecule has 0 heterocycles. The number of hydrogen-bond donors (Lipinski definition) is 2.